The van der Waals surface area contributed by atoms with Gasteiger partial charge >= 0.3 is 6.18 Å². The van der Waals surface area contributed by atoms with Crippen LogP contribution in [-0.2, 0) is 4.79 Å². The Morgan fingerprint density at radius 1 is 1.47 bits per heavy atom. The van der Waals surface area contributed by atoms with E-state index in [9.17, 15) is 18.0 Å². The highest BCUT2D eigenvalue weighted by Gasteiger charge is 2.27. The summed E-state index contributed by atoms with van der Waals surface area (Å²) in [6, 6.07) is 0.0441. The van der Waals surface area contributed by atoms with Crippen molar-refractivity contribution < 1.29 is 18.0 Å². The molecule has 7 heteroatoms. The summed E-state index contributed by atoms with van der Waals surface area (Å²) in [7, 11) is 1.61. The number of carbonyl (C=O) groups excluding carboxylic acids is 1. The number of alkyl halides is 3. The number of hydrogen-bond acceptors (Lipinski definition) is 3. The van der Waals surface area contributed by atoms with Gasteiger partial charge in [-0.05, 0) is 25.4 Å². The number of rotatable bonds is 7. The Morgan fingerprint density at radius 2 is 2.06 bits per heavy atom. The van der Waals surface area contributed by atoms with E-state index < -0.39 is 12.7 Å². The van der Waals surface area contributed by atoms with E-state index in [1.807, 2.05) is 13.2 Å². The minimum atomic E-state index is -4.27. The van der Waals surface area contributed by atoms with Crippen LogP contribution in [0.4, 0.5) is 13.2 Å². The molecule has 0 saturated heterocycles. The number of likely N-dealkylation sites (N-methyl/N-ethyl adjacent to an activating group) is 1. The van der Waals surface area contributed by atoms with Crippen molar-refractivity contribution in [3.63, 3.8) is 0 Å². The van der Waals surface area contributed by atoms with Gasteiger partial charge in [-0.2, -0.15) is 24.9 Å². The largest absolute Gasteiger partial charge is 0.401 e. The number of nitrogens with zero attached hydrogens (tertiary/aromatic N) is 1. The Bertz CT molecular complexity index is 236. The fourth-order valence-electron chi connectivity index (χ4n) is 1.16. The third-order valence-electron chi connectivity index (χ3n) is 2.40. The van der Waals surface area contributed by atoms with E-state index >= 15 is 0 Å². The monoisotopic (exact) mass is 272 g/mol. The molecule has 0 rings (SSSR count). The maximum absolute atomic E-state index is 11.8. The highest BCUT2D eigenvalue weighted by Crippen LogP contribution is 2.12. The molecule has 102 valence electrons. The smallest absolute Gasteiger partial charge is 0.342 e. The van der Waals surface area contributed by atoms with Crippen molar-refractivity contribution in [1.29, 1.82) is 0 Å². The number of thioether (sulfide) groups is 1. The molecule has 17 heavy (non-hydrogen) atoms. The molecule has 0 aromatic carbocycles. The maximum Gasteiger partial charge on any atom is 0.401 e. The van der Waals surface area contributed by atoms with Crippen LogP contribution in [0.3, 0.4) is 0 Å². The fourth-order valence-corrected chi connectivity index (χ4v) is 1.74. The second kappa shape index (κ2) is 7.81. The molecule has 0 aromatic heterocycles. The summed E-state index contributed by atoms with van der Waals surface area (Å²) in [6.07, 6.45) is -1.47. The van der Waals surface area contributed by atoms with Gasteiger partial charge in [0.1, 0.15) is 0 Å². The zero-order valence-electron chi connectivity index (χ0n) is 10.3. The molecular weight excluding hydrogens is 253 g/mol. The molecule has 0 radical (unpaired) electrons. The summed E-state index contributed by atoms with van der Waals surface area (Å²) in [5, 5.41) is 2.10. The summed E-state index contributed by atoms with van der Waals surface area (Å²) in [5.41, 5.74) is 0. The molecule has 0 spiro atoms. The van der Waals surface area contributed by atoms with Crippen LogP contribution < -0.4 is 5.32 Å². The average Bonchev–Trinajstić information content (AvgIpc) is 2.22. The van der Waals surface area contributed by atoms with Crippen LogP contribution in [0.1, 0.15) is 13.3 Å². The molecular formula is C10H19F3N2OS. The first kappa shape index (κ1) is 16.6. The zero-order valence-corrected chi connectivity index (χ0v) is 11.1. The van der Waals surface area contributed by atoms with Crippen molar-refractivity contribution in [3.8, 4) is 0 Å². The minimum Gasteiger partial charge on any atom is -0.342 e. The first-order valence-electron chi connectivity index (χ1n) is 5.30. The van der Waals surface area contributed by atoms with Gasteiger partial charge in [-0.25, -0.2) is 0 Å². The summed E-state index contributed by atoms with van der Waals surface area (Å²) in [5.74, 6) is 0.609. The lowest BCUT2D eigenvalue weighted by molar-refractivity contribution is -0.134. The van der Waals surface area contributed by atoms with Crippen molar-refractivity contribution in [2.45, 2.75) is 25.6 Å². The first-order valence-corrected chi connectivity index (χ1v) is 6.69. The molecule has 0 aromatic rings. The summed E-state index contributed by atoms with van der Waals surface area (Å²) in [6.45, 7) is 0.475. The minimum absolute atomic E-state index is 0.0441. The van der Waals surface area contributed by atoms with Crippen LogP contribution in [0.25, 0.3) is 0 Å². The summed E-state index contributed by atoms with van der Waals surface area (Å²) in [4.78, 5) is 13.0. The molecule has 1 atom stereocenters. The molecule has 0 saturated carbocycles. The lowest BCUT2D eigenvalue weighted by atomic mass is 10.2. The molecule has 3 nitrogen and oxygen atoms in total. The molecule has 0 aliphatic rings. The fraction of sp³-hybridized carbons (Fsp3) is 0.900. The Labute approximate surface area is 104 Å². The van der Waals surface area contributed by atoms with Gasteiger partial charge in [-0.1, -0.05) is 0 Å². The van der Waals surface area contributed by atoms with Gasteiger partial charge in [-0.3, -0.25) is 4.79 Å². The van der Waals surface area contributed by atoms with E-state index in [2.05, 4.69) is 5.32 Å². The SMILES string of the molecule is CSCCC(C)N(C)C(=O)CNCC(F)(F)F. The molecule has 1 unspecified atom stereocenters. The topological polar surface area (TPSA) is 32.3 Å². The van der Waals surface area contributed by atoms with Gasteiger partial charge in [0.25, 0.3) is 0 Å². The lowest BCUT2D eigenvalue weighted by Gasteiger charge is -2.25. The molecule has 1 N–H and O–H groups in total. The third kappa shape index (κ3) is 8.31. The van der Waals surface area contributed by atoms with Gasteiger partial charge in [0.05, 0.1) is 13.1 Å². The normalized spacial score (nSPS) is 13.5. The Balaban J connectivity index is 3.89. The van der Waals surface area contributed by atoms with Crippen LogP contribution >= 0.6 is 11.8 Å². The number of carbonyl (C=O) groups is 1. The Hall–Kier alpha value is -0.430. The highest BCUT2D eigenvalue weighted by atomic mass is 32.2. The highest BCUT2D eigenvalue weighted by molar-refractivity contribution is 7.98. The van der Waals surface area contributed by atoms with Crippen molar-refractivity contribution in [3.05, 3.63) is 0 Å². The Kier molecular flexibility index (Phi) is 7.61. The zero-order chi connectivity index (χ0) is 13.5. The van der Waals surface area contributed by atoms with Crippen LogP contribution in [-0.4, -0.2) is 55.2 Å². The van der Waals surface area contributed by atoms with Crippen molar-refractivity contribution >= 4 is 17.7 Å². The average molecular weight is 272 g/mol. The molecule has 0 aliphatic heterocycles. The van der Waals surface area contributed by atoms with Crippen LogP contribution in [0.15, 0.2) is 0 Å². The molecule has 1 amide bonds. The van der Waals surface area contributed by atoms with E-state index in [0.717, 1.165) is 12.2 Å². The lowest BCUT2D eigenvalue weighted by Crippen LogP contribution is -2.42. The maximum atomic E-state index is 11.8. The standard InChI is InChI=1S/C10H19F3N2OS/c1-8(4-5-17-3)15(2)9(16)6-14-7-10(11,12)13/h8,14H,4-7H2,1-3H3. The van der Waals surface area contributed by atoms with Crippen LogP contribution in [0.5, 0.6) is 0 Å². The van der Waals surface area contributed by atoms with E-state index in [-0.39, 0.29) is 18.5 Å². The van der Waals surface area contributed by atoms with Crippen molar-refractivity contribution in [2.75, 3.05) is 32.1 Å². The van der Waals surface area contributed by atoms with Crippen molar-refractivity contribution in [2.24, 2.45) is 0 Å². The van der Waals surface area contributed by atoms with Gasteiger partial charge in [0, 0.05) is 13.1 Å². The summed E-state index contributed by atoms with van der Waals surface area (Å²) < 4.78 is 35.5. The molecule has 0 bridgehead atoms. The van der Waals surface area contributed by atoms with E-state index in [4.69, 9.17) is 0 Å². The first-order chi connectivity index (χ1) is 7.78. The van der Waals surface area contributed by atoms with E-state index in [0.29, 0.717) is 0 Å². The second-order valence-electron chi connectivity index (χ2n) is 3.85. The van der Waals surface area contributed by atoms with E-state index in [1.54, 1.807) is 18.8 Å². The number of amides is 1. The molecule has 0 heterocycles. The van der Waals surface area contributed by atoms with Gasteiger partial charge < -0.3 is 10.2 Å². The van der Waals surface area contributed by atoms with Gasteiger partial charge in [0.2, 0.25) is 5.91 Å². The third-order valence-corrected chi connectivity index (χ3v) is 3.04. The van der Waals surface area contributed by atoms with Crippen LogP contribution in [0.2, 0.25) is 0 Å². The van der Waals surface area contributed by atoms with Gasteiger partial charge in [0.15, 0.2) is 0 Å². The summed E-state index contributed by atoms with van der Waals surface area (Å²) >= 11 is 1.68. The molecule has 0 fully saturated rings. The quantitative estimate of drug-likeness (QED) is 0.766. The second-order valence-corrected chi connectivity index (χ2v) is 4.84. The predicted octanol–water partition coefficient (Wildman–Crippen LogP) is 1.74. The van der Waals surface area contributed by atoms with Crippen LogP contribution in [0, 0.1) is 0 Å². The number of hydrogen-bond donors (Lipinski definition) is 1. The number of halogens is 3. The predicted molar refractivity (Wildman–Crippen MR) is 64.2 cm³/mol. The van der Waals surface area contributed by atoms with Gasteiger partial charge in [-0.15, -0.1) is 0 Å². The number of nitrogens with one attached hydrogen (secondary N) is 1. The Morgan fingerprint density at radius 3 is 2.53 bits per heavy atom. The van der Waals surface area contributed by atoms with Crippen molar-refractivity contribution in [1.82, 2.24) is 10.2 Å². The van der Waals surface area contributed by atoms with E-state index in [1.165, 1.54) is 4.90 Å². The molecule has 0 aliphatic carbocycles.